The lowest BCUT2D eigenvalue weighted by atomic mass is 9.96. The highest BCUT2D eigenvalue weighted by molar-refractivity contribution is 7.98. The second-order valence-electron chi connectivity index (χ2n) is 13.9. The quantitative estimate of drug-likeness (QED) is 0.137. The third kappa shape index (κ3) is 13.9. The number of urea groups is 1. The molecule has 1 fully saturated rings. The van der Waals surface area contributed by atoms with Crippen molar-refractivity contribution in [3.8, 4) is 0 Å². The summed E-state index contributed by atoms with van der Waals surface area (Å²) in [7, 11) is 1.76. The van der Waals surface area contributed by atoms with Crippen molar-refractivity contribution < 1.29 is 28.1 Å². The van der Waals surface area contributed by atoms with Crippen LogP contribution in [0.25, 0.3) is 0 Å². The van der Waals surface area contributed by atoms with Crippen LogP contribution in [0.4, 0.5) is 9.59 Å². The fraction of sp³-hybridized carbons (Fsp3) is 0.487. The molecule has 2 atom stereocenters. The van der Waals surface area contributed by atoms with E-state index < -0.39 is 6.09 Å². The maximum atomic E-state index is 14.2. The molecule has 2 aliphatic rings. The number of thiazole rings is 1. The lowest BCUT2D eigenvalue weighted by Gasteiger charge is -2.32. The van der Waals surface area contributed by atoms with Crippen molar-refractivity contribution in [2.75, 3.05) is 59.6 Å². The van der Waals surface area contributed by atoms with Gasteiger partial charge in [0.1, 0.15) is 13.2 Å². The van der Waals surface area contributed by atoms with Crippen molar-refractivity contribution in [3.05, 3.63) is 99.0 Å². The predicted octanol–water partition coefficient (Wildman–Crippen LogP) is 5.32. The minimum atomic E-state index is -0.525. The Morgan fingerprint density at radius 1 is 0.963 bits per heavy atom. The van der Waals surface area contributed by atoms with Crippen LogP contribution in [0.1, 0.15) is 54.4 Å². The largest absolute Gasteiger partial charge is 0.444 e. The van der Waals surface area contributed by atoms with Crippen LogP contribution < -0.4 is 16.1 Å². The number of nitrogens with one attached hydrogen (secondary N) is 3. The van der Waals surface area contributed by atoms with E-state index in [0.29, 0.717) is 64.4 Å². The molecule has 13 nitrogen and oxygen atoms in total. The highest BCUT2D eigenvalue weighted by Gasteiger charge is 2.25. The summed E-state index contributed by atoms with van der Waals surface area (Å²) in [5.74, 6) is 0.156. The van der Waals surface area contributed by atoms with Gasteiger partial charge in [-0.3, -0.25) is 15.2 Å². The smallest absolute Gasteiger partial charge is 0.407 e. The first-order valence-electron chi connectivity index (χ1n) is 18.5. The minimum Gasteiger partial charge on any atom is -0.444 e. The summed E-state index contributed by atoms with van der Waals surface area (Å²) in [5.41, 5.74) is 5.62. The number of amides is 4. The van der Waals surface area contributed by atoms with Gasteiger partial charge in [0.05, 0.1) is 47.4 Å². The van der Waals surface area contributed by atoms with E-state index in [1.807, 2.05) is 66.0 Å². The Bertz CT molecular complexity index is 1640. The van der Waals surface area contributed by atoms with Crippen LogP contribution in [-0.4, -0.2) is 109 Å². The number of rotatable bonds is 19. The van der Waals surface area contributed by atoms with Crippen LogP contribution in [-0.2, 0) is 37.9 Å². The van der Waals surface area contributed by atoms with E-state index in [9.17, 15) is 14.4 Å². The van der Waals surface area contributed by atoms with Gasteiger partial charge in [-0.1, -0.05) is 74.5 Å². The van der Waals surface area contributed by atoms with Gasteiger partial charge in [-0.05, 0) is 36.8 Å². The first kappa shape index (κ1) is 41.0. The summed E-state index contributed by atoms with van der Waals surface area (Å²) in [6.07, 6.45) is 3.45. The molecule has 15 heteroatoms. The van der Waals surface area contributed by atoms with Crippen LogP contribution >= 0.6 is 23.4 Å². The van der Waals surface area contributed by atoms with Gasteiger partial charge < -0.3 is 29.9 Å². The second kappa shape index (κ2) is 21.7. The molecule has 3 heterocycles. The zero-order chi connectivity index (χ0) is 38.1. The van der Waals surface area contributed by atoms with E-state index in [1.54, 1.807) is 34.4 Å². The fourth-order valence-electron chi connectivity index (χ4n) is 6.13. The van der Waals surface area contributed by atoms with E-state index in [4.69, 9.17) is 18.7 Å². The van der Waals surface area contributed by atoms with E-state index in [-0.39, 0.29) is 37.2 Å². The molecule has 3 N–H and O–H groups in total. The van der Waals surface area contributed by atoms with Gasteiger partial charge in [-0.25, -0.2) is 18.9 Å². The highest BCUT2D eigenvalue weighted by atomic mass is 32.2. The van der Waals surface area contributed by atoms with Crippen LogP contribution in [0.15, 0.2) is 77.1 Å². The maximum absolute atomic E-state index is 14.2. The average molecular weight is 780 g/mol. The third-order valence-electron chi connectivity index (χ3n) is 9.22. The number of hydrogen-bond donors (Lipinski definition) is 3. The molecule has 54 heavy (non-hydrogen) atoms. The molecule has 2 unspecified atom stereocenters. The average Bonchev–Trinajstić information content (AvgIpc) is 3.89. The first-order chi connectivity index (χ1) is 26.2. The molecular formula is C39H53N7O6S2. The van der Waals surface area contributed by atoms with E-state index >= 15 is 0 Å². The topological polar surface area (TPSA) is 138 Å². The molecular weight excluding hydrogens is 727 g/mol. The number of aromatic nitrogens is 1. The van der Waals surface area contributed by atoms with Gasteiger partial charge in [0.25, 0.3) is 0 Å². The monoisotopic (exact) mass is 779 g/mol. The van der Waals surface area contributed by atoms with Gasteiger partial charge in [-0.2, -0.15) is 0 Å². The maximum Gasteiger partial charge on any atom is 0.407 e. The Hall–Kier alpha value is -4.15. The van der Waals surface area contributed by atoms with E-state index in [0.717, 1.165) is 51.9 Å². The Morgan fingerprint density at radius 3 is 2.20 bits per heavy atom. The molecule has 0 saturated carbocycles. The molecule has 1 saturated heterocycles. The van der Waals surface area contributed by atoms with Crippen molar-refractivity contribution >= 4 is 41.4 Å². The number of carbonyl (C=O) groups is 3. The molecule has 0 bridgehead atoms. The van der Waals surface area contributed by atoms with Crippen LogP contribution in [0.2, 0.25) is 0 Å². The normalized spacial score (nSPS) is 15.5. The summed E-state index contributed by atoms with van der Waals surface area (Å²) in [6.45, 7) is 8.47. The number of likely N-dealkylation sites (N-methyl/N-ethyl adjacent to an activating group) is 1. The third-order valence-corrected chi connectivity index (χ3v) is 11.0. The number of nitrogens with zero attached hydrogens (tertiary/aromatic N) is 4. The molecule has 4 amide bonds. The number of hydroxylamine groups is 1. The number of carbonyl (C=O) groups excluding carboxylic acids is 3. The SMILES string of the molecule is CC(C)c1nc(CN(C)C(=O)CN(CCN2CCOCC2)C(=O)NC(CCC(Cc2ccccc2)NC(=O)OCC2=CNOS2)Cc2ccccc2)cs1. The standard InChI is InChI=1S/C39H53N7O6S2/c1-29(2)37-41-34(28-53-37)25-44(3)36(47)26-46(17-16-45-18-20-50-21-19-45)38(48)42-32(22-30-10-6-4-7-11-30)14-15-33(23-31-12-8-5-9-13-31)43-39(49)51-27-35-24-40-52-54-35/h4-13,24,28-29,32-33,40H,14-23,25-27H2,1-3H3,(H,42,48)(H,43,49). The predicted molar refractivity (Wildman–Crippen MR) is 212 cm³/mol. The van der Waals surface area contributed by atoms with Gasteiger partial charge in [0.2, 0.25) is 5.91 Å². The number of benzene rings is 2. The number of ether oxygens (including phenoxy) is 2. The molecule has 0 aliphatic carbocycles. The van der Waals surface area contributed by atoms with Crippen LogP contribution in [0.5, 0.6) is 0 Å². The number of hydrogen-bond acceptors (Lipinski definition) is 11. The molecule has 1 aromatic heterocycles. The summed E-state index contributed by atoms with van der Waals surface area (Å²) in [5, 5.41) is 9.37. The van der Waals surface area contributed by atoms with E-state index in [1.165, 1.54) is 0 Å². The molecule has 0 spiro atoms. The molecule has 292 valence electrons. The summed E-state index contributed by atoms with van der Waals surface area (Å²) >= 11 is 2.71. The van der Waals surface area contributed by atoms with Gasteiger partial charge in [0.15, 0.2) is 0 Å². The summed E-state index contributed by atoms with van der Waals surface area (Å²) < 4.78 is 16.0. The highest BCUT2D eigenvalue weighted by Crippen LogP contribution is 2.21. The lowest BCUT2D eigenvalue weighted by molar-refractivity contribution is -0.131. The molecule has 2 aromatic carbocycles. The van der Waals surface area contributed by atoms with Crippen molar-refractivity contribution in [3.63, 3.8) is 0 Å². The Kier molecular flexibility index (Phi) is 16.5. The van der Waals surface area contributed by atoms with Gasteiger partial charge >= 0.3 is 12.1 Å². The van der Waals surface area contributed by atoms with Crippen molar-refractivity contribution in [1.82, 2.24) is 35.8 Å². The molecule has 3 aromatic rings. The van der Waals surface area contributed by atoms with Crippen LogP contribution in [0.3, 0.4) is 0 Å². The Labute approximate surface area is 327 Å². The zero-order valence-corrected chi connectivity index (χ0v) is 33.0. The second-order valence-corrected chi connectivity index (χ2v) is 15.6. The zero-order valence-electron chi connectivity index (χ0n) is 31.4. The fourth-order valence-corrected chi connectivity index (χ4v) is 7.37. The van der Waals surface area contributed by atoms with Crippen LogP contribution in [0, 0.1) is 0 Å². The molecule has 0 radical (unpaired) electrons. The van der Waals surface area contributed by atoms with Gasteiger partial charge in [0, 0.05) is 62.8 Å². The summed E-state index contributed by atoms with van der Waals surface area (Å²) in [4.78, 5) is 51.8. The first-order valence-corrected chi connectivity index (χ1v) is 20.2. The van der Waals surface area contributed by atoms with Gasteiger partial charge in [-0.15, -0.1) is 11.3 Å². The Balaban J connectivity index is 1.27. The van der Waals surface area contributed by atoms with E-state index in [2.05, 4.69) is 34.9 Å². The van der Waals surface area contributed by atoms with Crippen molar-refractivity contribution in [1.29, 1.82) is 0 Å². The minimum absolute atomic E-state index is 0.0643. The number of alkyl carbamates (subject to hydrolysis) is 1. The molecule has 5 rings (SSSR count). The lowest BCUT2D eigenvalue weighted by Crippen LogP contribution is -2.52. The van der Waals surface area contributed by atoms with Crippen molar-refractivity contribution in [2.45, 2.75) is 64.1 Å². The molecule has 2 aliphatic heterocycles. The van der Waals surface area contributed by atoms with Crippen molar-refractivity contribution in [2.24, 2.45) is 0 Å². The Morgan fingerprint density at radius 2 is 1.61 bits per heavy atom. The summed E-state index contributed by atoms with van der Waals surface area (Å²) in [6, 6.07) is 19.2. The number of morpholine rings is 1.